The smallest absolute Gasteiger partial charge is 0.0812 e. The Hall–Kier alpha value is -2.02. The van der Waals surface area contributed by atoms with E-state index < -0.39 is 0 Å². The number of hydrogen-bond acceptors (Lipinski definition) is 4. The van der Waals surface area contributed by atoms with Crippen molar-refractivity contribution in [2.75, 3.05) is 0 Å². The summed E-state index contributed by atoms with van der Waals surface area (Å²) in [4.78, 5) is 19.0. The summed E-state index contributed by atoms with van der Waals surface area (Å²) >= 11 is 3.90. The Balaban J connectivity index is 0. The molecule has 5 rings (SSSR count). The Morgan fingerprint density at radius 1 is 0.519 bits per heavy atom. The second-order valence-corrected chi connectivity index (χ2v) is 14.7. The summed E-state index contributed by atoms with van der Waals surface area (Å²) in [7, 11) is 0. The van der Waals surface area contributed by atoms with Gasteiger partial charge in [-0.25, -0.2) is 0 Å². The van der Waals surface area contributed by atoms with Crippen molar-refractivity contribution in [1.29, 1.82) is 0 Å². The average Bonchev–Trinajstić information content (AvgIpc) is 3.07. The van der Waals surface area contributed by atoms with Crippen LogP contribution in [0.25, 0.3) is 22.3 Å². The maximum Gasteiger partial charge on any atom is 0.0812 e. The summed E-state index contributed by atoms with van der Waals surface area (Å²) in [6.45, 7) is 20.3. The van der Waals surface area contributed by atoms with Crippen molar-refractivity contribution >= 4 is 89.4 Å². The van der Waals surface area contributed by atoms with Gasteiger partial charge in [0.05, 0.1) is 35.2 Å². The second kappa shape index (κ2) is 24.6. The van der Waals surface area contributed by atoms with Crippen LogP contribution in [0.15, 0.2) is 99.6 Å². The van der Waals surface area contributed by atoms with Crippen molar-refractivity contribution in [3.8, 4) is 22.3 Å². The Kier molecular flexibility index (Phi) is 24.6. The van der Waals surface area contributed by atoms with E-state index in [0.717, 1.165) is 27.2 Å². The van der Waals surface area contributed by atoms with Crippen LogP contribution >= 0.6 is 65.6 Å². The first-order chi connectivity index (χ1) is 22.9. The molecule has 54 heavy (non-hydrogen) atoms. The Labute approximate surface area is 377 Å². The molecule has 0 atom stereocenters. The average molecular weight is 973 g/mol. The van der Waals surface area contributed by atoms with Crippen molar-refractivity contribution in [2.24, 2.45) is 9.98 Å². The van der Waals surface area contributed by atoms with E-state index in [0.29, 0.717) is 23.7 Å². The van der Waals surface area contributed by atoms with Crippen molar-refractivity contribution in [1.82, 2.24) is 9.97 Å². The first-order valence-corrected chi connectivity index (χ1v) is 17.8. The molecule has 4 nitrogen and oxygen atoms in total. The SMILES string of the molecule is Cc1c(-c2cc(C(C)C)c(N=Cc3ccccn3)c(C(C)C)c2)cc(Br)cc1-c1cc(C(C)C)c(N=Cc2ccccn2)c(C(C)C)c1.Cl.Cl.Cl.Cl.[Cu].[Cu]. The third kappa shape index (κ3) is 13.0. The van der Waals surface area contributed by atoms with Crippen LogP contribution in [0.3, 0.4) is 0 Å². The molecule has 0 aliphatic heterocycles. The summed E-state index contributed by atoms with van der Waals surface area (Å²) in [6, 6.07) is 25.7. The zero-order chi connectivity index (χ0) is 34.5. The first kappa shape index (κ1) is 54.1. The summed E-state index contributed by atoms with van der Waals surface area (Å²) in [5.74, 6) is 1.19. The fourth-order valence-electron chi connectivity index (χ4n) is 6.17. The standard InChI is InChI=1S/C43H47BrN4.4ClH.2Cu/c1-26(2)36-18-31(19-37(27(3)4)42(36)47-24-34-14-10-12-16-45-34)40-22-33(44)23-41(30(40)9)32-20-38(28(5)6)43(39(21-32)29(7)8)48-25-35-15-11-13-17-46-35;;;;;;/h10-29H,1-9H3;4*1H;;. The zero-order valence-corrected chi connectivity index (χ0v) is 38.7. The molecule has 0 unspecified atom stereocenters. The molecule has 0 bridgehead atoms. The predicted molar refractivity (Wildman–Crippen MR) is 238 cm³/mol. The van der Waals surface area contributed by atoms with E-state index in [2.05, 4.69) is 125 Å². The molecule has 0 N–H and O–H groups in total. The number of aliphatic imine (C=N–C) groups is 2. The number of halogens is 5. The third-order valence-corrected chi connectivity index (χ3v) is 9.31. The van der Waals surface area contributed by atoms with Gasteiger partial charge in [0.2, 0.25) is 0 Å². The van der Waals surface area contributed by atoms with Gasteiger partial charge in [-0.15, -0.1) is 49.6 Å². The molecule has 0 saturated heterocycles. The van der Waals surface area contributed by atoms with Gasteiger partial charge in [0.15, 0.2) is 0 Å². The Bertz CT molecular complexity index is 1770. The van der Waals surface area contributed by atoms with E-state index in [4.69, 9.17) is 9.98 Å². The minimum absolute atomic E-state index is 0. The van der Waals surface area contributed by atoms with Gasteiger partial charge in [0.25, 0.3) is 0 Å². The van der Waals surface area contributed by atoms with Gasteiger partial charge in [0.1, 0.15) is 0 Å². The number of benzene rings is 3. The van der Waals surface area contributed by atoms with Crippen molar-refractivity contribution in [3.63, 3.8) is 0 Å². The minimum atomic E-state index is 0. The van der Waals surface area contributed by atoms with Gasteiger partial charge < -0.3 is 0 Å². The van der Waals surface area contributed by atoms with Crippen LogP contribution in [0, 0.1) is 6.92 Å². The molecule has 0 fully saturated rings. The maximum atomic E-state index is 5.04. The number of hydrogen-bond donors (Lipinski definition) is 0. The van der Waals surface area contributed by atoms with E-state index >= 15 is 0 Å². The van der Waals surface area contributed by atoms with Crippen molar-refractivity contribution < 1.29 is 34.1 Å². The predicted octanol–water partition coefficient (Wildman–Crippen LogP) is 14.6. The fourth-order valence-corrected chi connectivity index (χ4v) is 6.63. The Morgan fingerprint density at radius 2 is 0.833 bits per heavy atom. The van der Waals surface area contributed by atoms with Crippen LogP contribution < -0.4 is 0 Å². The molecule has 3 aromatic carbocycles. The summed E-state index contributed by atoms with van der Waals surface area (Å²) in [6.07, 6.45) is 7.39. The Morgan fingerprint density at radius 3 is 1.09 bits per heavy atom. The molecule has 11 heteroatoms. The van der Waals surface area contributed by atoms with Crippen LogP contribution in [0.5, 0.6) is 0 Å². The number of pyridine rings is 2. The fraction of sp³-hybridized carbons (Fsp3) is 0.302. The van der Waals surface area contributed by atoms with Crippen LogP contribution in [0.4, 0.5) is 11.4 Å². The molecule has 2 radical (unpaired) electrons. The quantitative estimate of drug-likeness (QED) is 0.103. The molecule has 5 aromatic rings. The molecule has 0 amide bonds. The number of rotatable bonds is 10. The number of aromatic nitrogens is 2. The van der Waals surface area contributed by atoms with Crippen molar-refractivity contribution in [3.05, 3.63) is 129 Å². The third-order valence-electron chi connectivity index (χ3n) is 8.85. The topological polar surface area (TPSA) is 50.5 Å². The second-order valence-electron chi connectivity index (χ2n) is 13.8. The molecule has 2 aromatic heterocycles. The molecular weight excluding hydrogens is 921 g/mol. The molecule has 2 heterocycles. The van der Waals surface area contributed by atoms with Crippen molar-refractivity contribution in [2.45, 2.75) is 86.0 Å². The van der Waals surface area contributed by atoms with Gasteiger partial charge in [-0.3, -0.25) is 20.0 Å². The zero-order valence-electron chi connectivity index (χ0n) is 31.9. The van der Waals surface area contributed by atoms with E-state index in [-0.39, 0.29) is 83.8 Å². The summed E-state index contributed by atoms with van der Waals surface area (Å²) in [5.41, 5.74) is 14.9. The van der Waals surface area contributed by atoms with Gasteiger partial charge in [-0.2, -0.15) is 0 Å². The maximum absolute atomic E-state index is 5.04. The summed E-state index contributed by atoms with van der Waals surface area (Å²) < 4.78 is 1.06. The molecule has 0 spiro atoms. The van der Waals surface area contributed by atoms with Gasteiger partial charge in [0, 0.05) is 51.0 Å². The summed E-state index contributed by atoms with van der Waals surface area (Å²) in [5, 5.41) is 0. The van der Waals surface area contributed by atoms with E-state index in [1.54, 1.807) is 0 Å². The normalized spacial score (nSPS) is 10.8. The number of nitrogens with zero attached hydrogens (tertiary/aromatic N) is 4. The van der Waals surface area contributed by atoms with Gasteiger partial charge in [-0.1, -0.05) is 83.5 Å². The minimum Gasteiger partial charge on any atom is -0.255 e. The monoisotopic (exact) mass is 968 g/mol. The molecular formula is C43H51BrCl4Cu2N4. The van der Waals surface area contributed by atoms with E-state index in [1.807, 2.05) is 61.2 Å². The van der Waals surface area contributed by atoms with Crippen LogP contribution in [0.2, 0.25) is 0 Å². The molecule has 0 aliphatic rings. The molecule has 300 valence electrons. The van der Waals surface area contributed by atoms with Crippen LogP contribution in [0.1, 0.15) is 118 Å². The molecule has 0 saturated carbocycles. The van der Waals surface area contributed by atoms with Crippen LogP contribution in [-0.4, -0.2) is 22.4 Å². The van der Waals surface area contributed by atoms with E-state index in [9.17, 15) is 0 Å². The van der Waals surface area contributed by atoms with Gasteiger partial charge in [-0.05, 0) is 141 Å². The molecule has 0 aliphatic carbocycles. The first-order valence-electron chi connectivity index (χ1n) is 17.0. The largest absolute Gasteiger partial charge is 0.255 e. The van der Waals surface area contributed by atoms with Gasteiger partial charge >= 0.3 is 0 Å². The van der Waals surface area contributed by atoms with Crippen LogP contribution in [-0.2, 0) is 34.1 Å². The van der Waals surface area contributed by atoms with E-state index in [1.165, 1.54) is 50.1 Å².